The van der Waals surface area contributed by atoms with Crippen molar-refractivity contribution in [3.05, 3.63) is 40.3 Å². The highest BCUT2D eigenvalue weighted by Gasteiger charge is 2.32. The van der Waals surface area contributed by atoms with E-state index in [9.17, 15) is 13.2 Å². The van der Waals surface area contributed by atoms with Gasteiger partial charge in [0, 0.05) is 6.54 Å². The zero-order valence-corrected chi connectivity index (χ0v) is 13.6. The third-order valence-corrected chi connectivity index (χ3v) is 4.90. The van der Waals surface area contributed by atoms with Gasteiger partial charge in [-0.05, 0) is 18.6 Å². The molecule has 1 amide bonds. The van der Waals surface area contributed by atoms with Crippen LogP contribution in [0.1, 0.15) is 11.1 Å². The van der Waals surface area contributed by atoms with Crippen molar-refractivity contribution >= 4 is 50.4 Å². The predicted molar refractivity (Wildman–Crippen MR) is 87.5 cm³/mol. The standard InChI is InChI=1S/C13H13NO4S3/c1-9-2-4-10(5-3-9)8-11-12(15)14(13(19)20-11)6-7-21(16,17)18/h2-5,8H,6-7H2,1H3,(H,16,17,18). The van der Waals surface area contributed by atoms with Crippen molar-refractivity contribution in [1.82, 2.24) is 4.90 Å². The monoisotopic (exact) mass is 343 g/mol. The Labute approximate surface area is 132 Å². The Bertz CT molecular complexity index is 707. The van der Waals surface area contributed by atoms with Gasteiger partial charge >= 0.3 is 0 Å². The molecule has 1 N–H and O–H groups in total. The Kier molecular flexibility index (Phi) is 4.82. The van der Waals surface area contributed by atoms with Gasteiger partial charge in [-0.15, -0.1) is 0 Å². The Hall–Kier alpha value is -1.22. The minimum atomic E-state index is -4.12. The quantitative estimate of drug-likeness (QED) is 0.513. The third-order valence-electron chi connectivity index (χ3n) is 2.82. The highest BCUT2D eigenvalue weighted by Crippen LogP contribution is 2.32. The Morgan fingerprint density at radius 1 is 1.33 bits per heavy atom. The predicted octanol–water partition coefficient (Wildman–Crippen LogP) is 2.08. The molecule has 0 atom stereocenters. The van der Waals surface area contributed by atoms with Gasteiger partial charge in [-0.3, -0.25) is 14.2 Å². The number of rotatable bonds is 4. The number of aryl methyl sites for hydroxylation is 1. The van der Waals surface area contributed by atoms with Crippen molar-refractivity contribution in [1.29, 1.82) is 0 Å². The van der Waals surface area contributed by atoms with E-state index in [4.69, 9.17) is 16.8 Å². The van der Waals surface area contributed by atoms with E-state index in [0.717, 1.165) is 22.9 Å². The second-order valence-corrected chi connectivity index (χ2v) is 7.78. The molecule has 1 aliphatic rings. The van der Waals surface area contributed by atoms with Crippen molar-refractivity contribution in [2.24, 2.45) is 0 Å². The fraction of sp³-hybridized carbons (Fsp3) is 0.231. The second-order valence-electron chi connectivity index (χ2n) is 4.53. The number of carbonyl (C=O) groups excluding carboxylic acids is 1. The van der Waals surface area contributed by atoms with Crippen molar-refractivity contribution in [2.45, 2.75) is 6.92 Å². The minimum absolute atomic E-state index is 0.144. The summed E-state index contributed by atoms with van der Waals surface area (Å²) in [6.07, 6.45) is 1.71. The molecule has 5 nitrogen and oxygen atoms in total. The van der Waals surface area contributed by atoms with Gasteiger partial charge in [0.05, 0.1) is 10.7 Å². The molecule has 112 valence electrons. The van der Waals surface area contributed by atoms with E-state index < -0.39 is 15.9 Å². The zero-order chi connectivity index (χ0) is 15.6. The van der Waals surface area contributed by atoms with Gasteiger partial charge in [0.15, 0.2) is 0 Å². The van der Waals surface area contributed by atoms with Crippen LogP contribution in [0.2, 0.25) is 0 Å². The molecule has 8 heteroatoms. The Morgan fingerprint density at radius 3 is 2.52 bits per heavy atom. The largest absolute Gasteiger partial charge is 0.292 e. The van der Waals surface area contributed by atoms with Crippen LogP contribution in [0, 0.1) is 6.92 Å². The number of nitrogens with zero attached hydrogens (tertiary/aromatic N) is 1. The highest BCUT2D eigenvalue weighted by molar-refractivity contribution is 8.26. The molecule has 1 aliphatic heterocycles. The molecule has 1 aromatic rings. The van der Waals surface area contributed by atoms with E-state index in [1.54, 1.807) is 6.08 Å². The number of amides is 1. The lowest BCUT2D eigenvalue weighted by atomic mass is 10.1. The fourth-order valence-corrected chi connectivity index (χ4v) is 3.44. The Balaban J connectivity index is 2.15. The zero-order valence-electron chi connectivity index (χ0n) is 11.1. The molecule has 0 radical (unpaired) electrons. The van der Waals surface area contributed by atoms with Crippen LogP contribution in [-0.2, 0) is 14.9 Å². The average Bonchev–Trinajstić information content (AvgIpc) is 2.64. The normalized spacial score (nSPS) is 17.8. The SMILES string of the molecule is Cc1ccc(C=C2SC(=S)N(CCS(=O)(=O)O)C2=O)cc1. The molecule has 0 bridgehead atoms. The van der Waals surface area contributed by atoms with Gasteiger partial charge in [0.2, 0.25) is 0 Å². The minimum Gasteiger partial charge on any atom is -0.292 e. The van der Waals surface area contributed by atoms with E-state index in [1.165, 1.54) is 4.90 Å². The molecule has 0 aliphatic carbocycles. The maximum absolute atomic E-state index is 12.2. The van der Waals surface area contributed by atoms with Crippen LogP contribution in [0.25, 0.3) is 6.08 Å². The number of thiocarbonyl (C=S) groups is 1. The van der Waals surface area contributed by atoms with Crippen LogP contribution in [0.15, 0.2) is 29.2 Å². The van der Waals surface area contributed by atoms with E-state index in [2.05, 4.69) is 0 Å². The van der Waals surface area contributed by atoms with Crippen LogP contribution < -0.4 is 0 Å². The van der Waals surface area contributed by atoms with Gasteiger partial charge in [-0.1, -0.05) is 53.8 Å². The van der Waals surface area contributed by atoms with Crippen molar-refractivity contribution in [2.75, 3.05) is 12.3 Å². The maximum atomic E-state index is 12.2. The van der Waals surface area contributed by atoms with Crippen LogP contribution >= 0.6 is 24.0 Å². The van der Waals surface area contributed by atoms with E-state index in [-0.39, 0.29) is 12.5 Å². The molecule has 0 spiro atoms. The number of hydrogen-bond acceptors (Lipinski definition) is 5. The molecule has 1 saturated heterocycles. The summed E-state index contributed by atoms with van der Waals surface area (Å²) < 4.78 is 30.6. The van der Waals surface area contributed by atoms with Gasteiger partial charge < -0.3 is 0 Å². The van der Waals surface area contributed by atoms with Crippen LogP contribution in [0.3, 0.4) is 0 Å². The Morgan fingerprint density at radius 2 is 1.95 bits per heavy atom. The first-order valence-electron chi connectivity index (χ1n) is 6.03. The summed E-state index contributed by atoms with van der Waals surface area (Å²) in [6.45, 7) is 1.83. The van der Waals surface area contributed by atoms with E-state index in [1.807, 2.05) is 31.2 Å². The smallest absolute Gasteiger partial charge is 0.266 e. The summed E-state index contributed by atoms with van der Waals surface area (Å²) in [6, 6.07) is 7.65. The lowest BCUT2D eigenvalue weighted by Crippen LogP contribution is -2.32. The fourth-order valence-electron chi connectivity index (χ4n) is 1.71. The first kappa shape index (κ1) is 16.2. The van der Waals surface area contributed by atoms with Gasteiger partial charge in [-0.25, -0.2) is 0 Å². The summed E-state index contributed by atoms with van der Waals surface area (Å²) in [5, 5.41) is 0. The van der Waals surface area contributed by atoms with Crippen LogP contribution in [-0.4, -0.2) is 40.4 Å². The lowest BCUT2D eigenvalue weighted by Gasteiger charge is -2.12. The number of hydrogen-bond donors (Lipinski definition) is 1. The summed E-state index contributed by atoms with van der Waals surface area (Å²) >= 11 is 6.19. The molecular formula is C13H13NO4S3. The number of benzene rings is 1. The third kappa shape index (κ3) is 4.37. The molecule has 21 heavy (non-hydrogen) atoms. The van der Waals surface area contributed by atoms with Crippen molar-refractivity contribution < 1.29 is 17.8 Å². The molecule has 1 heterocycles. The molecule has 1 aromatic carbocycles. The van der Waals surface area contributed by atoms with Crippen LogP contribution in [0.5, 0.6) is 0 Å². The highest BCUT2D eigenvalue weighted by atomic mass is 32.2. The summed E-state index contributed by atoms with van der Waals surface area (Å²) in [5.41, 5.74) is 1.99. The maximum Gasteiger partial charge on any atom is 0.266 e. The summed E-state index contributed by atoms with van der Waals surface area (Å²) in [7, 11) is -4.12. The summed E-state index contributed by atoms with van der Waals surface area (Å²) in [4.78, 5) is 13.8. The number of thioether (sulfide) groups is 1. The van der Waals surface area contributed by atoms with Gasteiger partial charge in [0.25, 0.3) is 16.0 Å². The summed E-state index contributed by atoms with van der Waals surface area (Å²) in [5.74, 6) is -0.869. The van der Waals surface area contributed by atoms with Gasteiger partial charge in [-0.2, -0.15) is 8.42 Å². The van der Waals surface area contributed by atoms with E-state index in [0.29, 0.717) is 9.23 Å². The molecular weight excluding hydrogens is 330 g/mol. The number of carbonyl (C=O) groups is 1. The average molecular weight is 343 g/mol. The topological polar surface area (TPSA) is 74.7 Å². The molecule has 0 unspecified atom stereocenters. The molecule has 1 fully saturated rings. The first-order chi connectivity index (χ1) is 9.76. The van der Waals surface area contributed by atoms with Gasteiger partial charge in [0.1, 0.15) is 4.32 Å². The van der Waals surface area contributed by atoms with Crippen molar-refractivity contribution in [3.8, 4) is 0 Å². The molecule has 2 rings (SSSR count). The lowest BCUT2D eigenvalue weighted by molar-refractivity contribution is -0.121. The molecule has 0 aromatic heterocycles. The van der Waals surface area contributed by atoms with Crippen LogP contribution in [0.4, 0.5) is 0 Å². The molecule has 0 saturated carbocycles. The van der Waals surface area contributed by atoms with E-state index >= 15 is 0 Å². The first-order valence-corrected chi connectivity index (χ1v) is 8.87. The second kappa shape index (κ2) is 6.27. The van der Waals surface area contributed by atoms with Crippen molar-refractivity contribution in [3.63, 3.8) is 0 Å².